The van der Waals surface area contributed by atoms with Crippen LogP contribution in [0.5, 0.6) is 0 Å². The van der Waals surface area contributed by atoms with Gasteiger partial charge < -0.3 is 28.7 Å². The van der Waals surface area contributed by atoms with Crippen molar-refractivity contribution in [2.75, 3.05) is 6.61 Å². The monoisotopic (exact) mass is 619 g/mol. The quantitative estimate of drug-likeness (QED) is 0.124. The van der Waals surface area contributed by atoms with E-state index in [0.717, 1.165) is 23.0 Å². The minimum Gasteiger partial charge on any atom is -0.409 e. The molecule has 0 aliphatic carbocycles. The van der Waals surface area contributed by atoms with Gasteiger partial charge in [-0.25, -0.2) is 0 Å². The van der Waals surface area contributed by atoms with Gasteiger partial charge >= 0.3 is 0 Å². The molecule has 0 bridgehead atoms. The van der Waals surface area contributed by atoms with Crippen molar-refractivity contribution in [3.8, 4) is 0 Å². The van der Waals surface area contributed by atoms with Gasteiger partial charge in [-0.1, -0.05) is 112 Å². The predicted molar refractivity (Wildman–Crippen MR) is 176 cm³/mol. The van der Waals surface area contributed by atoms with Gasteiger partial charge in [-0.15, -0.1) is 0 Å². The lowest BCUT2D eigenvalue weighted by Gasteiger charge is -2.45. The SMILES string of the molecule is CC(=O)N[C@H](CC=O)[C@@H](O[Si](C)(C)C(C)(C)C)[C@H](OCc1ccccc1)[C@@H](COCc1ccccc1)OCc1ccccc1. The van der Waals surface area contributed by atoms with Crippen LogP contribution in [0.15, 0.2) is 91.0 Å². The first-order valence-corrected chi connectivity index (χ1v) is 18.2. The molecule has 3 aromatic carbocycles. The number of rotatable bonds is 18. The molecule has 0 unspecified atom stereocenters. The van der Waals surface area contributed by atoms with E-state index in [1.807, 2.05) is 91.0 Å². The molecule has 3 rings (SSSR count). The molecule has 0 spiro atoms. The topological polar surface area (TPSA) is 83.1 Å². The second-order valence-electron chi connectivity index (χ2n) is 12.6. The molecule has 4 atom stereocenters. The summed E-state index contributed by atoms with van der Waals surface area (Å²) >= 11 is 0. The lowest BCUT2D eigenvalue weighted by Crippen LogP contribution is -2.59. The maximum atomic E-state index is 12.4. The third-order valence-electron chi connectivity index (χ3n) is 8.05. The first-order valence-electron chi connectivity index (χ1n) is 15.3. The van der Waals surface area contributed by atoms with Gasteiger partial charge in [0, 0.05) is 13.3 Å². The fraction of sp³-hybridized carbons (Fsp3) is 0.444. The molecule has 0 aliphatic rings. The van der Waals surface area contributed by atoms with Crippen LogP contribution in [-0.2, 0) is 48.0 Å². The molecule has 0 saturated heterocycles. The van der Waals surface area contributed by atoms with Crippen molar-refractivity contribution in [3.63, 3.8) is 0 Å². The minimum absolute atomic E-state index is 0.0698. The average Bonchev–Trinajstić information content (AvgIpc) is 2.99. The molecule has 1 amide bonds. The van der Waals surface area contributed by atoms with Crippen LogP contribution in [0.3, 0.4) is 0 Å². The van der Waals surface area contributed by atoms with E-state index in [1.165, 1.54) is 6.92 Å². The Hall–Kier alpha value is -3.14. The number of hydrogen-bond acceptors (Lipinski definition) is 6. The lowest BCUT2D eigenvalue weighted by atomic mass is 9.98. The third-order valence-corrected chi connectivity index (χ3v) is 12.5. The summed E-state index contributed by atoms with van der Waals surface area (Å²) in [5.41, 5.74) is 3.04. The zero-order chi connectivity index (χ0) is 32.0. The second-order valence-corrected chi connectivity index (χ2v) is 17.4. The number of ether oxygens (including phenoxy) is 3. The highest BCUT2D eigenvalue weighted by Gasteiger charge is 2.46. The van der Waals surface area contributed by atoms with Crippen molar-refractivity contribution in [1.82, 2.24) is 5.32 Å². The van der Waals surface area contributed by atoms with E-state index in [-0.39, 0.29) is 24.0 Å². The molecule has 238 valence electrons. The molecule has 0 fully saturated rings. The predicted octanol–water partition coefficient (Wildman–Crippen LogP) is 6.86. The van der Waals surface area contributed by atoms with Crippen LogP contribution >= 0.6 is 0 Å². The van der Waals surface area contributed by atoms with Crippen molar-refractivity contribution < 1.29 is 28.2 Å². The highest BCUT2D eigenvalue weighted by molar-refractivity contribution is 6.74. The maximum absolute atomic E-state index is 12.4. The van der Waals surface area contributed by atoms with Crippen molar-refractivity contribution in [1.29, 1.82) is 0 Å². The van der Waals surface area contributed by atoms with E-state index >= 15 is 0 Å². The number of benzene rings is 3. The zero-order valence-corrected chi connectivity index (χ0v) is 28.0. The number of amides is 1. The van der Waals surface area contributed by atoms with Crippen molar-refractivity contribution in [3.05, 3.63) is 108 Å². The maximum Gasteiger partial charge on any atom is 0.217 e. The summed E-state index contributed by atoms with van der Waals surface area (Å²) in [6, 6.07) is 29.2. The molecule has 7 nitrogen and oxygen atoms in total. The van der Waals surface area contributed by atoms with Crippen LogP contribution < -0.4 is 5.32 Å². The highest BCUT2D eigenvalue weighted by Crippen LogP contribution is 2.39. The van der Waals surface area contributed by atoms with Crippen LogP contribution in [-0.4, -0.2) is 51.5 Å². The van der Waals surface area contributed by atoms with Gasteiger partial charge in [0.2, 0.25) is 5.91 Å². The Morgan fingerprint density at radius 2 is 1.25 bits per heavy atom. The molecular weight excluding hydrogens is 570 g/mol. The summed E-state index contributed by atoms with van der Waals surface area (Å²) in [7, 11) is -2.44. The van der Waals surface area contributed by atoms with Gasteiger partial charge in [0.25, 0.3) is 0 Å². The summed E-state index contributed by atoms with van der Waals surface area (Å²) < 4.78 is 26.7. The van der Waals surface area contributed by atoms with Gasteiger partial charge in [0.1, 0.15) is 18.5 Å². The number of hydrogen-bond donors (Lipinski definition) is 1. The molecule has 8 heteroatoms. The van der Waals surface area contributed by atoms with Crippen LogP contribution in [0, 0.1) is 0 Å². The molecule has 3 aromatic rings. The number of carbonyl (C=O) groups is 2. The van der Waals surface area contributed by atoms with Crippen molar-refractivity contribution >= 4 is 20.5 Å². The summed E-state index contributed by atoms with van der Waals surface area (Å²) in [6.07, 6.45) is -1.06. The molecule has 1 N–H and O–H groups in total. The van der Waals surface area contributed by atoms with Crippen LogP contribution in [0.2, 0.25) is 18.1 Å². The van der Waals surface area contributed by atoms with Gasteiger partial charge in [-0.3, -0.25) is 4.79 Å². The van der Waals surface area contributed by atoms with Gasteiger partial charge in [0.05, 0.1) is 38.6 Å². The number of aldehydes is 1. The number of nitrogens with one attached hydrogen (secondary N) is 1. The minimum atomic E-state index is -2.44. The van der Waals surface area contributed by atoms with E-state index in [0.29, 0.717) is 19.8 Å². The molecule has 0 aromatic heterocycles. The Bertz CT molecular complexity index is 1250. The van der Waals surface area contributed by atoms with Gasteiger partial charge in [-0.2, -0.15) is 0 Å². The zero-order valence-electron chi connectivity index (χ0n) is 27.0. The summed E-state index contributed by atoms with van der Waals surface area (Å²) in [6.45, 7) is 13.5. The van der Waals surface area contributed by atoms with Crippen LogP contribution in [0.4, 0.5) is 0 Å². The summed E-state index contributed by atoms with van der Waals surface area (Å²) in [4.78, 5) is 24.4. The molecule has 0 aliphatic heterocycles. The van der Waals surface area contributed by atoms with Gasteiger partial charge in [0.15, 0.2) is 8.32 Å². The fourth-order valence-electron chi connectivity index (χ4n) is 4.60. The molecule has 0 radical (unpaired) electrons. The Morgan fingerprint density at radius 1 is 0.773 bits per heavy atom. The number of carbonyl (C=O) groups excluding carboxylic acids is 2. The first kappa shape index (κ1) is 35.3. The van der Waals surface area contributed by atoms with Crippen molar-refractivity contribution in [2.45, 2.75) is 96.4 Å². The molecule has 0 saturated carbocycles. The van der Waals surface area contributed by atoms with E-state index in [9.17, 15) is 9.59 Å². The first-order chi connectivity index (χ1) is 21.0. The van der Waals surface area contributed by atoms with E-state index in [4.69, 9.17) is 18.6 Å². The van der Waals surface area contributed by atoms with Gasteiger partial charge in [-0.05, 0) is 34.8 Å². The molecule has 0 heterocycles. The Morgan fingerprint density at radius 3 is 1.70 bits per heavy atom. The Kier molecular flexibility index (Phi) is 14.0. The third kappa shape index (κ3) is 11.4. The highest BCUT2D eigenvalue weighted by atomic mass is 28.4. The summed E-state index contributed by atoms with van der Waals surface area (Å²) in [5, 5.41) is 2.86. The lowest BCUT2D eigenvalue weighted by molar-refractivity contribution is -0.157. The van der Waals surface area contributed by atoms with Crippen molar-refractivity contribution in [2.24, 2.45) is 0 Å². The molecular formula is C36H49NO6Si. The Labute approximate surface area is 264 Å². The normalized spacial score (nSPS) is 14.8. The van der Waals surface area contributed by atoms with E-state index in [1.54, 1.807) is 0 Å². The van der Waals surface area contributed by atoms with Crippen LogP contribution in [0.1, 0.15) is 50.8 Å². The van der Waals surface area contributed by atoms with E-state index in [2.05, 4.69) is 39.2 Å². The smallest absolute Gasteiger partial charge is 0.217 e. The second kappa shape index (κ2) is 17.4. The van der Waals surface area contributed by atoms with E-state index < -0.39 is 32.7 Å². The fourth-order valence-corrected chi connectivity index (χ4v) is 5.93. The largest absolute Gasteiger partial charge is 0.409 e. The molecule has 44 heavy (non-hydrogen) atoms. The summed E-state index contributed by atoms with van der Waals surface area (Å²) in [5.74, 6) is -0.246. The van der Waals surface area contributed by atoms with Crippen LogP contribution in [0.25, 0.3) is 0 Å². The average molecular weight is 620 g/mol. The Balaban J connectivity index is 2.04. The standard InChI is InChI=1S/C36H49NO6Si/c1-28(39)37-32(22-23-38)34(43-44(5,6)36(2,3)4)35(42-26-31-20-14-9-15-21-31)33(41-25-30-18-12-8-13-19-30)27-40-24-29-16-10-7-11-17-29/h7-21,23,32-35H,22,24-27H2,1-6H3,(H,37,39)/t32-,33-,34-,35-/m1/s1.